The fourth-order valence-electron chi connectivity index (χ4n) is 2.02. The maximum absolute atomic E-state index is 6.04. The standard InChI is InChI=1S/C18H22BrNO/c1-4-14-5-8-17(9-6-14)21-18-10-7-16(19)11-15(18)12-20-13(2)3/h5-11,13,20H,4,12H2,1-3H3. The van der Waals surface area contributed by atoms with Gasteiger partial charge in [-0.1, -0.05) is 48.8 Å². The summed E-state index contributed by atoms with van der Waals surface area (Å²) in [6, 6.07) is 14.8. The molecule has 2 rings (SSSR count). The molecular weight excluding hydrogens is 326 g/mol. The van der Waals surface area contributed by atoms with E-state index in [2.05, 4.69) is 60.2 Å². The highest BCUT2D eigenvalue weighted by Gasteiger charge is 2.07. The lowest BCUT2D eigenvalue weighted by Crippen LogP contribution is -2.22. The van der Waals surface area contributed by atoms with Crippen molar-refractivity contribution in [3.63, 3.8) is 0 Å². The third kappa shape index (κ3) is 4.87. The average molecular weight is 348 g/mol. The van der Waals surface area contributed by atoms with Crippen LogP contribution < -0.4 is 10.1 Å². The van der Waals surface area contributed by atoms with E-state index >= 15 is 0 Å². The smallest absolute Gasteiger partial charge is 0.131 e. The molecule has 0 amide bonds. The molecule has 0 saturated carbocycles. The Labute approximate surface area is 135 Å². The van der Waals surface area contributed by atoms with Gasteiger partial charge in [0.15, 0.2) is 0 Å². The second-order valence-corrected chi connectivity index (χ2v) is 6.30. The first-order valence-corrected chi connectivity index (χ1v) is 8.16. The molecule has 0 unspecified atom stereocenters. The lowest BCUT2D eigenvalue weighted by Gasteiger charge is -2.14. The maximum Gasteiger partial charge on any atom is 0.131 e. The van der Waals surface area contributed by atoms with Crippen molar-refractivity contribution in [1.29, 1.82) is 0 Å². The normalized spacial score (nSPS) is 10.9. The van der Waals surface area contributed by atoms with Gasteiger partial charge >= 0.3 is 0 Å². The SMILES string of the molecule is CCc1ccc(Oc2ccc(Br)cc2CNC(C)C)cc1. The summed E-state index contributed by atoms with van der Waals surface area (Å²) < 4.78 is 7.10. The van der Waals surface area contributed by atoms with Gasteiger partial charge in [0.05, 0.1) is 0 Å². The van der Waals surface area contributed by atoms with Crippen molar-refractivity contribution >= 4 is 15.9 Å². The predicted molar refractivity (Wildman–Crippen MR) is 92.0 cm³/mol. The van der Waals surface area contributed by atoms with Crippen LogP contribution in [0.4, 0.5) is 0 Å². The van der Waals surface area contributed by atoms with E-state index in [-0.39, 0.29) is 0 Å². The predicted octanol–water partition coefficient (Wildman–Crippen LogP) is 5.30. The zero-order valence-electron chi connectivity index (χ0n) is 12.8. The summed E-state index contributed by atoms with van der Waals surface area (Å²) in [5.41, 5.74) is 2.47. The van der Waals surface area contributed by atoms with E-state index in [0.717, 1.165) is 34.5 Å². The van der Waals surface area contributed by atoms with E-state index in [4.69, 9.17) is 4.74 Å². The van der Waals surface area contributed by atoms with Crippen LogP contribution in [0.3, 0.4) is 0 Å². The molecule has 1 N–H and O–H groups in total. The molecule has 0 aliphatic rings. The third-order valence-electron chi connectivity index (χ3n) is 3.28. The van der Waals surface area contributed by atoms with Gasteiger partial charge in [-0.25, -0.2) is 0 Å². The Kier molecular flexibility index (Phi) is 5.83. The topological polar surface area (TPSA) is 21.3 Å². The minimum atomic E-state index is 0.445. The molecular formula is C18H22BrNO. The van der Waals surface area contributed by atoms with Gasteiger partial charge in [0.2, 0.25) is 0 Å². The first-order chi connectivity index (χ1) is 10.1. The zero-order valence-corrected chi connectivity index (χ0v) is 14.4. The number of ether oxygens (including phenoxy) is 1. The van der Waals surface area contributed by atoms with Crippen molar-refractivity contribution in [2.24, 2.45) is 0 Å². The Balaban J connectivity index is 2.17. The molecule has 112 valence electrons. The Morgan fingerprint density at radius 2 is 1.81 bits per heavy atom. The Hall–Kier alpha value is -1.32. The average Bonchev–Trinajstić information content (AvgIpc) is 2.48. The van der Waals surface area contributed by atoms with E-state index in [1.165, 1.54) is 5.56 Å². The summed E-state index contributed by atoms with van der Waals surface area (Å²) in [6.45, 7) is 7.23. The minimum absolute atomic E-state index is 0.445. The van der Waals surface area contributed by atoms with Crippen LogP contribution in [0, 0.1) is 0 Å². The quantitative estimate of drug-likeness (QED) is 0.765. The van der Waals surface area contributed by atoms with E-state index in [1.807, 2.05) is 24.3 Å². The molecule has 0 aliphatic carbocycles. The molecule has 3 heteroatoms. The van der Waals surface area contributed by atoms with Crippen LogP contribution in [0.25, 0.3) is 0 Å². The Morgan fingerprint density at radius 1 is 1.10 bits per heavy atom. The van der Waals surface area contributed by atoms with Crippen LogP contribution in [0.1, 0.15) is 31.9 Å². The molecule has 0 saturated heterocycles. The third-order valence-corrected chi connectivity index (χ3v) is 3.78. The van der Waals surface area contributed by atoms with Crippen molar-refractivity contribution in [1.82, 2.24) is 5.32 Å². The molecule has 0 atom stereocenters. The molecule has 2 aromatic rings. The minimum Gasteiger partial charge on any atom is -0.457 e. The zero-order chi connectivity index (χ0) is 15.2. The maximum atomic E-state index is 6.04. The van der Waals surface area contributed by atoms with Gasteiger partial charge in [-0.15, -0.1) is 0 Å². The fourth-order valence-corrected chi connectivity index (χ4v) is 2.43. The monoisotopic (exact) mass is 347 g/mol. The first kappa shape index (κ1) is 16.1. The summed E-state index contributed by atoms with van der Waals surface area (Å²) >= 11 is 3.52. The second kappa shape index (κ2) is 7.62. The summed E-state index contributed by atoms with van der Waals surface area (Å²) in [5.74, 6) is 1.77. The first-order valence-electron chi connectivity index (χ1n) is 7.37. The number of benzene rings is 2. The van der Waals surface area contributed by atoms with Crippen molar-refractivity contribution in [2.45, 2.75) is 39.8 Å². The molecule has 0 aliphatic heterocycles. The van der Waals surface area contributed by atoms with E-state index in [9.17, 15) is 0 Å². The molecule has 2 nitrogen and oxygen atoms in total. The number of hydrogen-bond donors (Lipinski definition) is 1. The molecule has 21 heavy (non-hydrogen) atoms. The van der Waals surface area contributed by atoms with Crippen molar-refractivity contribution in [3.8, 4) is 11.5 Å². The van der Waals surface area contributed by atoms with Crippen LogP contribution in [0.5, 0.6) is 11.5 Å². The van der Waals surface area contributed by atoms with Gasteiger partial charge in [-0.05, 0) is 42.3 Å². The highest BCUT2D eigenvalue weighted by molar-refractivity contribution is 9.10. The molecule has 0 aromatic heterocycles. The van der Waals surface area contributed by atoms with Gasteiger partial charge < -0.3 is 10.1 Å². The summed E-state index contributed by atoms with van der Waals surface area (Å²) in [5, 5.41) is 3.43. The van der Waals surface area contributed by atoms with E-state index < -0.39 is 0 Å². The number of nitrogens with one attached hydrogen (secondary N) is 1. The Morgan fingerprint density at radius 3 is 2.43 bits per heavy atom. The molecule has 0 heterocycles. The van der Waals surface area contributed by atoms with E-state index in [1.54, 1.807) is 0 Å². The number of hydrogen-bond acceptors (Lipinski definition) is 2. The summed E-state index contributed by atoms with van der Waals surface area (Å²) in [7, 11) is 0. The molecule has 0 bridgehead atoms. The highest BCUT2D eigenvalue weighted by atomic mass is 79.9. The van der Waals surface area contributed by atoms with E-state index in [0.29, 0.717) is 6.04 Å². The van der Waals surface area contributed by atoms with Gasteiger partial charge in [0.1, 0.15) is 11.5 Å². The lowest BCUT2D eigenvalue weighted by molar-refractivity contribution is 0.469. The largest absolute Gasteiger partial charge is 0.457 e. The summed E-state index contributed by atoms with van der Waals surface area (Å²) in [6.07, 6.45) is 1.04. The van der Waals surface area contributed by atoms with Crippen LogP contribution in [-0.2, 0) is 13.0 Å². The summed E-state index contributed by atoms with van der Waals surface area (Å²) in [4.78, 5) is 0. The highest BCUT2D eigenvalue weighted by Crippen LogP contribution is 2.28. The molecule has 0 radical (unpaired) electrons. The van der Waals surface area contributed by atoms with Crippen LogP contribution in [0.15, 0.2) is 46.9 Å². The molecule has 2 aromatic carbocycles. The van der Waals surface area contributed by atoms with Gasteiger partial charge in [-0.3, -0.25) is 0 Å². The van der Waals surface area contributed by atoms with Gasteiger partial charge in [-0.2, -0.15) is 0 Å². The molecule has 0 spiro atoms. The fraction of sp³-hybridized carbons (Fsp3) is 0.333. The molecule has 0 fully saturated rings. The Bertz CT molecular complexity index is 578. The lowest BCUT2D eigenvalue weighted by atomic mass is 10.1. The van der Waals surface area contributed by atoms with Crippen molar-refractivity contribution in [2.75, 3.05) is 0 Å². The number of aryl methyl sites for hydroxylation is 1. The van der Waals surface area contributed by atoms with Gasteiger partial charge in [0.25, 0.3) is 0 Å². The second-order valence-electron chi connectivity index (χ2n) is 5.39. The van der Waals surface area contributed by atoms with Crippen LogP contribution >= 0.6 is 15.9 Å². The van der Waals surface area contributed by atoms with Gasteiger partial charge in [0, 0.05) is 22.6 Å². The van der Waals surface area contributed by atoms with Crippen molar-refractivity contribution in [3.05, 3.63) is 58.1 Å². The van der Waals surface area contributed by atoms with Crippen molar-refractivity contribution < 1.29 is 4.74 Å². The van der Waals surface area contributed by atoms with Crippen LogP contribution in [0.2, 0.25) is 0 Å². The number of rotatable bonds is 6. The van der Waals surface area contributed by atoms with Crippen LogP contribution in [-0.4, -0.2) is 6.04 Å². The number of halogens is 1.